The van der Waals surface area contributed by atoms with E-state index >= 15 is 0 Å². The van der Waals surface area contributed by atoms with E-state index < -0.39 is 0 Å². The van der Waals surface area contributed by atoms with E-state index in [1.54, 1.807) is 13.1 Å². The van der Waals surface area contributed by atoms with Crippen LogP contribution in [0.4, 0.5) is 5.69 Å². The number of guanidine groups is 1. The van der Waals surface area contributed by atoms with Gasteiger partial charge in [0, 0.05) is 51.7 Å². The molecule has 3 N–H and O–H groups in total. The maximum atomic E-state index is 11.9. The number of anilines is 1. The topological polar surface area (TPSA) is 80.2 Å². The van der Waals surface area contributed by atoms with Gasteiger partial charge in [0.05, 0.1) is 5.69 Å². The number of nitrogens with zero attached hydrogens (tertiary/aromatic N) is 3. The van der Waals surface area contributed by atoms with Gasteiger partial charge in [-0.15, -0.1) is 24.0 Å². The largest absolute Gasteiger partial charge is 0.506 e. The van der Waals surface area contributed by atoms with Crippen LogP contribution in [0.15, 0.2) is 29.3 Å². The standard InChI is InChI=1S/C19H31N5O2.HI/c1-19(2,3)17(26)21-9-10-22-18(20-4)24-13-11-23(12-14-24)15-7-5-6-8-16(15)25;/h5-8,25H,9-14H2,1-4H3,(H,20,22)(H,21,26);1H. The Labute approximate surface area is 179 Å². The number of carbonyl (C=O) groups excluding carboxylic acids is 1. The van der Waals surface area contributed by atoms with Crippen molar-refractivity contribution in [1.82, 2.24) is 15.5 Å². The molecule has 0 spiro atoms. The Morgan fingerprint density at radius 2 is 1.70 bits per heavy atom. The minimum Gasteiger partial charge on any atom is -0.506 e. The molecule has 0 aromatic heterocycles. The third-order valence-corrected chi connectivity index (χ3v) is 4.39. The summed E-state index contributed by atoms with van der Waals surface area (Å²) in [4.78, 5) is 20.6. The van der Waals surface area contributed by atoms with Crippen LogP contribution in [-0.4, -0.2) is 68.2 Å². The van der Waals surface area contributed by atoms with Crippen LogP contribution in [-0.2, 0) is 4.79 Å². The molecule has 1 aromatic carbocycles. The average Bonchev–Trinajstić information content (AvgIpc) is 2.61. The number of phenolic OH excluding ortho intramolecular Hbond substituents is 1. The molecule has 1 aromatic rings. The molecule has 0 unspecified atom stereocenters. The summed E-state index contributed by atoms with van der Waals surface area (Å²) in [5.41, 5.74) is 0.501. The molecule has 0 atom stereocenters. The number of hydrogen-bond donors (Lipinski definition) is 3. The lowest BCUT2D eigenvalue weighted by atomic mass is 9.96. The van der Waals surface area contributed by atoms with Gasteiger partial charge in [-0.25, -0.2) is 0 Å². The summed E-state index contributed by atoms with van der Waals surface area (Å²) < 4.78 is 0. The second kappa shape index (κ2) is 10.6. The Bertz CT molecular complexity index is 637. The highest BCUT2D eigenvalue weighted by atomic mass is 127. The van der Waals surface area contributed by atoms with Crippen molar-refractivity contribution in [3.8, 4) is 5.75 Å². The molecule has 8 heteroatoms. The van der Waals surface area contributed by atoms with Crippen molar-refractivity contribution in [3.05, 3.63) is 24.3 Å². The average molecular weight is 489 g/mol. The van der Waals surface area contributed by atoms with Crippen molar-refractivity contribution >= 4 is 41.5 Å². The van der Waals surface area contributed by atoms with E-state index in [0.717, 1.165) is 37.8 Å². The van der Waals surface area contributed by atoms with Gasteiger partial charge in [-0.2, -0.15) is 0 Å². The summed E-state index contributed by atoms with van der Waals surface area (Å²) >= 11 is 0. The van der Waals surface area contributed by atoms with Crippen LogP contribution in [0.25, 0.3) is 0 Å². The quantitative estimate of drug-likeness (QED) is 0.261. The summed E-state index contributed by atoms with van der Waals surface area (Å²) in [6.45, 7) is 10.2. The van der Waals surface area contributed by atoms with Gasteiger partial charge in [0.15, 0.2) is 5.96 Å². The third-order valence-electron chi connectivity index (χ3n) is 4.39. The Hall–Kier alpha value is -1.71. The second-order valence-corrected chi connectivity index (χ2v) is 7.44. The van der Waals surface area contributed by atoms with Gasteiger partial charge in [-0.05, 0) is 12.1 Å². The van der Waals surface area contributed by atoms with E-state index in [0.29, 0.717) is 18.8 Å². The number of carbonyl (C=O) groups is 1. The van der Waals surface area contributed by atoms with Crippen molar-refractivity contribution in [2.75, 3.05) is 51.2 Å². The van der Waals surface area contributed by atoms with Crippen molar-refractivity contribution < 1.29 is 9.90 Å². The minimum atomic E-state index is -0.374. The second-order valence-electron chi connectivity index (χ2n) is 7.44. The molecule has 1 amide bonds. The van der Waals surface area contributed by atoms with Gasteiger partial charge in [0.25, 0.3) is 0 Å². The van der Waals surface area contributed by atoms with Crippen molar-refractivity contribution in [1.29, 1.82) is 0 Å². The van der Waals surface area contributed by atoms with Crippen LogP contribution in [0.2, 0.25) is 0 Å². The van der Waals surface area contributed by atoms with Gasteiger partial charge in [-0.3, -0.25) is 9.79 Å². The fourth-order valence-electron chi connectivity index (χ4n) is 2.84. The van der Waals surface area contributed by atoms with E-state index in [1.165, 1.54) is 0 Å². The Morgan fingerprint density at radius 1 is 1.11 bits per heavy atom. The molecule has 7 nitrogen and oxygen atoms in total. The third kappa shape index (κ3) is 6.75. The summed E-state index contributed by atoms with van der Waals surface area (Å²) in [7, 11) is 1.77. The summed E-state index contributed by atoms with van der Waals surface area (Å²) in [6, 6.07) is 7.43. The lowest BCUT2D eigenvalue weighted by Gasteiger charge is -2.37. The Morgan fingerprint density at radius 3 is 2.26 bits per heavy atom. The van der Waals surface area contributed by atoms with Crippen molar-refractivity contribution in [3.63, 3.8) is 0 Å². The number of benzene rings is 1. The van der Waals surface area contributed by atoms with Crippen molar-refractivity contribution in [2.24, 2.45) is 10.4 Å². The number of amides is 1. The molecule has 152 valence electrons. The smallest absolute Gasteiger partial charge is 0.225 e. The number of nitrogens with one attached hydrogen (secondary N) is 2. The lowest BCUT2D eigenvalue weighted by Crippen LogP contribution is -2.53. The van der Waals surface area contributed by atoms with E-state index in [9.17, 15) is 9.90 Å². The molecule has 0 aliphatic carbocycles. The number of phenols is 1. The first kappa shape index (κ1) is 23.3. The highest BCUT2D eigenvalue weighted by Crippen LogP contribution is 2.27. The molecule has 2 rings (SSSR count). The maximum Gasteiger partial charge on any atom is 0.225 e. The molecular weight excluding hydrogens is 457 g/mol. The zero-order valence-corrected chi connectivity index (χ0v) is 19.0. The summed E-state index contributed by atoms with van der Waals surface area (Å²) in [5, 5.41) is 16.2. The predicted molar refractivity (Wildman–Crippen MR) is 121 cm³/mol. The van der Waals surface area contributed by atoms with Crippen LogP contribution < -0.4 is 15.5 Å². The predicted octanol–water partition coefficient (Wildman–Crippen LogP) is 1.87. The summed E-state index contributed by atoms with van der Waals surface area (Å²) in [6.07, 6.45) is 0. The molecule has 27 heavy (non-hydrogen) atoms. The number of para-hydroxylation sites is 2. The molecule has 1 heterocycles. The van der Waals surface area contributed by atoms with Gasteiger partial charge in [0.2, 0.25) is 5.91 Å². The van der Waals surface area contributed by atoms with E-state index in [4.69, 9.17) is 0 Å². The van der Waals surface area contributed by atoms with E-state index in [1.807, 2.05) is 39.0 Å². The normalized spacial score (nSPS) is 15.2. The van der Waals surface area contributed by atoms with Gasteiger partial charge in [0.1, 0.15) is 5.75 Å². The first-order valence-electron chi connectivity index (χ1n) is 9.10. The van der Waals surface area contributed by atoms with Crippen LogP contribution in [0, 0.1) is 5.41 Å². The molecule has 0 saturated carbocycles. The monoisotopic (exact) mass is 489 g/mol. The highest BCUT2D eigenvalue weighted by Gasteiger charge is 2.22. The van der Waals surface area contributed by atoms with Crippen LogP contribution in [0.5, 0.6) is 5.75 Å². The zero-order chi connectivity index (χ0) is 19.2. The first-order chi connectivity index (χ1) is 12.3. The number of hydrogen-bond acceptors (Lipinski definition) is 4. The molecule has 1 aliphatic rings. The molecule has 1 aliphatic heterocycles. The Balaban J connectivity index is 0.00000364. The number of rotatable bonds is 4. The van der Waals surface area contributed by atoms with Gasteiger partial charge < -0.3 is 25.5 Å². The van der Waals surface area contributed by atoms with Gasteiger partial charge >= 0.3 is 0 Å². The zero-order valence-electron chi connectivity index (χ0n) is 16.7. The molecule has 0 radical (unpaired) electrons. The van der Waals surface area contributed by atoms with Crippen LogP contribution >= 0.6 is 24.0 Å². The van der Waals surface area contributed by atoms with Crippen LogP contribution in [0.1, 0.15) is 20.8 Å². The highest BCUT2D eigenvalue weighted by molar-refractivity contribution is 14.0. The Kier molecular flexibility index (Phi) is 9.14. The SMILES string of the molecule is CN=C(NCCNC(=O)C(C)(C)C)N1CCN(c2ccccc2O)CC1.I. The van der Waals surface area contributed by atoms with Crippen molar-refractivity contribution in [2.45, 2.75) is 20.8 Å². The number of aliphatic imine (C=N–C) groups is 1. The molecule has 0 bridgehead atoms. The van der Waals surface area contributed by atoms with E-state index in [2.05, 4.69) is 25.4 Å². The number of aromatic hydroxyl groups is 1. The lowest BCUT2D eigenvalue weighted by molar-refractivity contribution is -0.128. The van der Waals surface area contributed by atoms with Crippen LogP contribution in [0.3, 0.4) is 0 Å². The fraction of sp³-hybridized carbons (Fsp3) is 0.579. The first-order valence-corrected chi connectivity index (χ1v) is 9.10. The number of halogens is 1. The maximum absolute atomic E-state index is 11.9. The minimum absolute atomic E-state index is 0. The van der Waals surface area contributed by atoms with E-state index in [-0.39, 0.29) is 35.3 Å². The van der Waals surface area contributed by atoms with Gasteiger partial charge in [-0.1, -0.05) is 32.9 Å². The molecular formula is C19H32IN5O2. The number of piperazine rings is 1. The fourth-order valence-corrected chi connectivity index (χ4v) is 2.84. The molecule has 1 fully saturated rings. The summed E-state index contributed by atoms with van der Waals surface area (Å²) in [5.74, 6) is 1.20. The molecule has 1 saturated heterocycles.